The highest BCUT2D eigenvalue weighted by Crippen LogP contribution is 2.25. The average Bonchev–Trinajstić information content (AvgIpc) is 2.07. The fraction of sp³-hybridized carbons (Fsp3) is 0.900. The lowest BCUT2D eigenvalue weighted by molar-refractivity contribution is -0.137. The molecule has 0 saturated heterocycles. The van der Waals surface area contributed by atoms with Crippen LogP contribution in [-0.4, -0.2) is 25.8 Å². The van der Waals surface area contributed by atoms with Crippen LogP contribution in [-0.2, 0) is 9.36 Å². The Morgan fingerprint density at radius 3 is 1.82 bits per heavy atom. The summed E-state index contributed by atoms with van der Waals surface area (Å²) >= 11 is 0. The van der Waals surface area contributed by atoms with E-state index in [1.807, 2.05) is 0 Å². The van der Waals surface area contributed by atoms with Crippen molar-refractivity contribution in [2.45, 2.75) is 52.4 Å². The van der Waals surface area contributed by atoms with Gasteiger partial charge in [-0.1, -0.05) is 39.5 Å². The first-order chi connectivity index (χ1) is 7.63. The van der Waals surface area contributed by atoms with Gasteiger partial charge in [0.15, 0.2) is 0 Å². The Morgan fingerprint density at radius 1 is 1.06 bits per heavy atom. The summed E-state index contributed by atoms with van der Waals surface area (Å²) < 4.78 is 8.88. The van der Waals surface area contributed by atoms with Gasteiger partial charge < -0.3 is 19.8 Å². The summed E-state index contributed by atoms with van der Waals surface area (Å²) in [5, 5.41) is 8.36. The number of rotatable bonds is 7. The number of carboxylic acid groups (broad SMARTS) is 1. The van der Waals surface area contributed by atoms with Gasteiger partial charge in [-0.05, 0) is 12.3 Å². The van der Waals surface area contributed by atoms with Gasteiger partial charge in [0.25, 0.3) is 0 Å². The molecular weight excluding hydrogens is 247 g/mol. The zero-order valence-corrected chi connectivity index (χ0v) is 11.3. The van der Waals surface area contributed by atoms with Crippen LogP contribution >= 0.6 is 7.82 Å². The maximum Gasteiger partial charge on any atom is 0.466 e. The summed E-state index contributed by atoms with van der Waals surface area (Å²) in [5.74, 6) is 0.114. The first kappa shape index (κ1) is 18.9. The van der Waals surface area contributed by atoms with Crippen molar-refractivity contribution >= 4 is 13.8 Å². The molecule has 0 aliphatic heterocycles. The van der Waals surface area contributed by atoms with Crippen LogP contribution in [0.5, 0.6) is 0 Å². The quantitative estimate of drug-likeness (QED) is 0.416. The van der Waals surface area contributed by atoms with Crippen LogP contribution in [0.1, 0.15) is 52.4 Å². The minimum atomic E-state index is -4.64. The first-order valence-electron chi connectivity index (χ1n) is 5.63. The van der Waals surface area contributed by atoms with Crippen LogP contribution in [0.3, 0.4) is 0 Å². The van der Waals surface area contributed by atoms with Crippen molar-refractivity contribution in [1.82, 2.24) is 0 Å². The molecule has 0 spiro atoms. The molecule has 0 aromatic rings. The van der Waals surface area contributed by atoms with E-state index < -0.39 is 13.8 Å². The van der Waals surface area contributed by atoms with Gasteiger partial charge in [0.1, 0.15) is 0 Å². The summed E-state index contributed by atoms with van der Waals surface area (Å²) in [6, 6.07) is 0. The Bertz CT molecular complexity index is 227. The SMILES string of the molecule is CC(C)CCCCCCC(=O)O.O=P(O)(O)O. The normalized spacial score (nSPS) is 10.9. The molecule has 0 amide bonds. The lowest BCUT2D eigenvalue weighted by Gasteiger charge is -2.02. The summed E-state index contributed by atoms with van der Waals surface area (Å²) in [6.07, 6.45) is 5.95. The van der Waals surface area contributed by atoms with Crippen LogP contribution < -0.4 is 0 Å². The maximum atomic E-state index is 10.1. The molecule has 0 bridgehead atoms. The number of carbonyl (C=O) groups is 1. The Kier molecular flexibility index (Phi) is 11.9. The molecule has 6 nitrogen and oxygen atoms in total. The van der Waals surface area contributed by atoms with Crippen LogP contribution in [0.15, 0.2) is 0 Å². The third-order valence-electron chi connectivity index (χ3n) is 1.92. The first-order valence-corrected chi connectivity index (χ1v) is 7.19. The van der Waals surface area contributed by atoms with Crippen molar-refractivity contribution in [3.8, 4) is 0 Å². The molecule has 104 valence electrons. The third-order valence-corrected chi connectivity index (χ3v) is 1.92. The zero-order valence-electron chi connectivity index (χ0n) is 10.4. The lowest BCUT2D eigenvalue weighted by Crippen LogP contribution is -1.94. The fourth-order valence-electron chi connectivity index (χ4n) is 1.18. The van der Waals surface area contributed by atoms with Gasteiger partial charge in [0.2, 0.25) is 0 Å². The zero-order chi connectivity index (χ0) is 13.9. The summed E-state index contributed by atoms with van der Waals surface area (Å²) in [5.41, 5.74) is 0. The van der Waals surface area contributed by atoms with Crippen LogP contribution in [0.2, 0.25) is 0 Å². The molecule has 7 heteroatoms. The smallest absolute Gasteiger partial charge is 0.466 e. The molecule has 0 aliphatic carbocycles. The summed E-state index contributed by atoms with van der Waals surface area (Å²) in [6.45, 7) is 4.44. The van der Waals surface area contributed by atoms with E-state index in [9.17, 15) is 4.79 Å². The second-order valence-corrected chi connectivity index (χ2v) is 5.28. The molecule has 0 heterocycles. The number of phosphoric acid groups is 1. The van der Waals surface area contributed by atoms with E-state index in [0.29, 0.717) is 6.42 Å². The van der Waals surface area contributed by atoms with Gasteiger partial charge in [-0.15, -0.1) is 0 Å². The van der Waals surface area contributed by atoms with E-state index >= 15 is 0 Å². The average molecular weight is 270 g/mol. The van der Waals surface area contributed by atoms with Crippen molar-refractivity contribution in [3.63, 3.8) is 0 Å². The topological polar surface area (TPSA) is 115 Å². The number of hydrogen-bond acceptors (Lipinski definition) is 2. The third kappa shape index (κ3) is 39.0. The van der Waals surface area contributed by atoms with Crippen molar-refractivity contribution in [1.29, 1.82) is 0 Å². The highest BCUT2D eigenvalue weighted by atomic mass is 31.2. The van der Waals surface area contributed by atoms with Gasteiger partial charge >= 0.3 is 13.8 Å². The minimum Gasteiger partial charge on any atom is -0.481 e. The van der Waals surface area contributed by atoms with Gasteiger partial charge in [0, 0.05) is 6.42 Å². The van der Waals surface area contributed by atoms with Gasteiger partial charge in [0.05, 0.1) is 0 Å². The predicted molar refractivity (Wildman–Crippen MR) is 64.4 cm³/mol. The van der Waals surface area contributed by atoms with E-state index in [0.717, 1.165) is 18.8 Å². The largest absolute Gasteiger partial charge is 0.481 e. The van der Waals surface area contributed by atoms with Crippen LogP contribution in [0.4, 0.5) is 0 Å². The van der Waals surface area contributed by atoms with E-state index in [4.69, 9.17) is 24.4 Å². The van der Waals surface area contributed by atoms with E-state index in [-0.39, 0.29) is 0 Å². The molecule has 0 aromatic heterocycles. The van der Waals surface area contributed by atoms with E-state index in [1.165, 1.54) is 19.3 Å². The Balaban J connectivity index is 0. The minimum absolute atomic E-state index is 0.335. The van der Waals surface area contributed by atoms with Crippen molar-refractivity contribution < 1.29 is 29.1 Å². The molecule has 0 unspecified atom stereocenters. The number of carboxylic acids is 1. The van der Waals surface area contributed by atoms with E-state index in [1.54, 1.807) is 0 Å². The number of hydrogen-bond donors (Lipinski definition) is 4. The predicted octanol–water partition coefficient (Wildman–Crippen LogP) is 2.14. The Morgan fingerprint density at radius 2 is 1.47 bits per heavy atom. The van der Waals surface area contributed by atoms with Gasteiger partial charge in [-0.2, -0.15) is 0 Å². The summed E-state index contributed by atoms with van der Waals surface area (Å²) in [4.78, 5) is 31.7. The van der Waals surface area contributed by atoms with Crippen molar-refractivity contribution in [2.24, 2.45) is 5.92 Å². The van der Waals surface area contributed by atoms with Crippen molar-refractivity contribution in [2.75, 3.05) is 0 Å². The van der Waals surface area contributed by atoms with Crippen LogP contribution in [0.25, 0.3) is 0 Å². The molecule has 0 rings (SSSR count). The second-order valence-electron chi connectivity index (χ2n) is 4.25. The molecule has 0 atom stereocenters. The fourth-order valence-corrected chi connectivity index (χ4v) is 1.18. The van der Waals surface area contributed by atoms with Crippen molar-refractivity contribution in [3.05, 3.63) is 0 Å². The molecule has 0 aliphatic rings. The monoisotopic (exact) mass is 270 g/mol. The standard InChI is InChI=1S/C10H20O2.H3O4P/c1-9(2)7-5-3-4-6-8-10(11)12;1-5(2,3)4/h9H,3-8H2,1-2H3,(H,11,12);(H3,1,2,3,4). The lowest BCUT2D eigenvalue weighted by atomic mass is 10.0. The maximum absolute atomic E-state index is 10.1. The summed E-state index contributed by atoms with van der Waals surface area (Å²) in [7, 11) is -4.64. The number of unbranched alkanes of at least 4 members (excludes halogenated alkanes) is 3. The number of aliphatic carboxylic acids is 1. The molecule has 0 saturated carbocycles. The molecule has 17 heavy (non-hydrogen) atoms. The molecule has 0 radical (unpaired) electrons. The molecule has 4 N–H and O–H groups in total. The molecular formula is C10H23O6P. The highest BCUT2D eigenvalue weighted by molar-refractivity contribution is 7.45. The highest BCUT2D eigenvalue weighted by Gasteiger charge is 2.00. The van der Waals surface area contributed by atoms with E-state index in [2.05, 4.69) is 13.8 Å². The molecule has 0 aromatic carbocycles. The van der Waals surface area contributed by atoms with Gasteiger partial charge in [-0.3, -0.25) is 4.79 Å². The Labute approximate surface area is 102 Å². The second kappa shape index (κ2) is 10.7. The van der Waals surface area contributed by atoms with Gasteiger partial charge in [-0.25, -0.2) is 4.57 Å². The van der Waals surface area contributed by atoms with Crippen LogP contribution in [0, 0.1) is 5.92 Å². The molecule has 0 fully saturated rings. The Hall–Kier alpha value is -0.420.